The zero-order chi connectivity index (χ0) is 8.01. The maximum atomic E-state index is 2.58. The lowest BCUT2D eigenvalue weighted by Gasteiger charge is -2.34. The van der Waals surface area contributed by atoms with Gasteiger partial charge in [-0.1, -0.05) is 13.3 Å². The lowest BCUT2D eigenvalue weighted by molar-refractivity contribution is 0.142. The van der Waals surface area contributed by atoms with E-state index in [1.165, 1.54) is 19.3 Å². The Kier molecular flexibility index (Phi) is 1.71. The smallest absolute Gasteiger partial charge is 0.0101 e. The van der Waals surface area contributed by atoms with Crippen LogP contribution in [-0.2, 0) is 0 Å². The van der Waals surface area contributed by atoms with Gasteiger partial charge in [0.05, 0.1) is 0 Å². The molecule has 1 aliphatic carbocycles. The highest BCUT2D eigenvalue weighted by Crippen LogP contribution is 2.46. The second-order valence-electron chi connectivity index (χ2n) is 4.36. The van der Waals surface area contributed by atoms with Crippen LogP contribution in [-0.4, -0.2) is 24.0 Å². The summed E-state index contributed by atoms with van der Waals surface area (Å²) in [4.78, 5) is 2.58. The Morgan fingerprint density at radius 2 is 2.09 bits per heavy atom. The number of hydrogen-bond donors (Lipinski definition) is 0. The number of nitrogens with zero attached hydrogens (tertiary/aromatic N) is 1. The fourth-order valence-corrected chi connectivity index (χ4v) is 3.15. The largest absolute Gasteiger partial charge is 0.300 e. The van der Waals surface area contributed by atoms with Crippen molar-refractivity contribution in [1.82, 2.24) is 4.90 Å². The van der Waals surface area contributed by atoms with Crippen molar-refractivity contribution in [3.8, 4) is 0 Å². The van der Waals surface area contributed by atoms with Crippen molar-refractivity contribution in [2.45, 2.75) is 45.2 Å². The van der Waals surface area contributed by atoms with Gasteiger partial charge in [-0.2, -0.15) is 0 Å². The molecule has 11 heavy (non-hydrogen) atoms. The van der Waals surface area contributed by atoms with E-state index < -0.39 is 0 Å². The van der Waals surface area contributed by atoms with E-state index >= 15 is 0 Å². The van der Waals surface area contributed by atoms with E-state index in [2.05, 4.69) is 25.8 Å². The van der Waals surface area contributed by atoms with Gasteiger partial charge < -0.3 is 4.90 Å². The van der Waals surface area contributed by atoms with Gasteiger partial charge in [0.25, 0.3) is 0 Å². The first kappa shape index (κ1) is 7.60. The van der Waals surface area contributed by atoms with Gasteiger partial charge in [-0.15, -0.1) is 0 Å². The van der Waals surface area contributed by atoms with Crippen LogP contribution >= 0.6 is 0 Å². The molecule has 0 spiro atoms. The summed E-state index contributed by atoms with van der Waals surface area (Å²) in [6, 6.07) is 1.79. The minimum absolute atomic E-state index is 0.860. The predicted molar refractivity (Wildman–Crippen MR) is 47.5 cm³/mol. The topological polar surface area (TPSA) is 3.24 Å². The van der Waals surface area contributed by atoms with Crippen LogP contribution in [0.2, 0.25) is 0 Å². The molecule has 0 aromatic heterocycles. The number of hydrogen-bond acceptors (Lipinski definition) is 1. The third-order valence-corrected chi connectivity index (χ3v) is 4.09. The first-order chi connectivity index (χ1) is 5.24. The Balaban J connectivity index is 2.10. The molecule has 1 heterocycles. The van der Waals surface area contributed by atoms with Gasteiger partial charge in [-0.05, 0) is 38.6 Å². The Hall–Kier alpha value is -0.0400. The van der Waals surface area contributed by atoms with Gasteiger partial charge >= 0.3 is 0 Å². The molecule has 4 atom stereocenters. The van der Waals surface area contributed by atoms with E-state index in [1.54, 1.807) is 0 Å². The van der Waals surface area contributed by atoms with Crippen molar-refractivity contribution in [2.24, 2.45) is 11.8 Å². The summed E-state index contributed by atoms with van der Waals surface area (Å²) in [5, 5.41) is 0. The van der Waals surface area contributed by atoms with Crippen molar-refractivity contribution < 1.29 is 0 Å². The summed E-state index contributed by atoms with van der Waals surface area (Å²) in [5.41, 5.74) is 0. The monoisotopic (exact) mass is 153 g/mol. The minimum atomic E-state index is 0.860. The van der Waals surface area contributed by atoms with Crippen LogP contribution < -0.4 is 0 Å². The molecule has 1 aliphatic heterocycles. The SMILES string of the molecule is CCC1CC2CC1C(C)N2C. The van der Waals surface area contributed by atoms with Crippen LogP contribution in [0.5, 0.6) is 0 Å². The first-order valence-corrected chi connectivity index (χ1v) is 4.96. The molecular weight excluding hydrogens is 134 g/mol. The zero-order valence-electron chi connectivity index (χ0n) is 7.88. The Morgan fingerprint density at radius 1 is 1.36 bits per heavy atom. The number of likely N-dealkylation sites (tertiary alicyclic amines) is 1. The van der Waals surface area contributed by atoms with Crippen molar-refractivity contribution in [2.75, 3.05) is 7.05 Å². The molecule has 2 fully saturated rings. The Labute approximate surface area is 69.8 Å². The molecule has 2 rings (SSSR count). The third kappa shape index (κ3) is 0.936. The van der Waals surface area contributed by atoms with Crippen LogP contribution in [0.1, 0.15) is 33.1 Å². The second kappa shape index (κ2) is 2.48. The molecule has 1 heteroatoms. The molecule has 2 aliphatic rings. The maximum Gasteiger partial charge on any atom is 0.0101 e. The lowest BCUT2D eigenvalue weighted by Crippen LogP contribution is -2.38. The molecule has 0 aromatic carbocycles. The highest BCUT2D eigenvalue weighted by Gasteiger charge is 2.46. The number of piperidine rings is 1. The summed E-state index contributed by atoms with van der Waals surface area (Å²) in [6.45, 7) is 4.74. The normalized spacial score (nSPS) is 50.5. The molecule has 0 aromatic rings. The van der Waals surface area contributed by atoms with E-state index in [1.807, 2.05) is 0 Å². The molecule has 1 saturated carbocycles. The number of rotatable bonds is 1. The predicted octanol–water partition coefficient (Wildman–Crippen LogP) is 2.13. The van der Waals surface area contributed by atoms with E-state index in [0.717, 1.165) is 23.9 Å². The summed E-state index contributed by atoms with van der Waals surface area (Å²) in [6.07, 6.45) is 4.36. The quantitative estimate of drug-likeness (QED) is 0.558. The summed E-state index contributed by atoms with van der Waals surface area (Å²) < 4.78 is 0. The molecule has 1 nitrogen and oxygen atoms in total. The highest BCUT2D eigenvalue weighted by molar-refractivity contribution is 5.00. The van der Waals surface area contributed by atoms with E-state index in [4.69, 9.17) is 0 Å². The summed E-state index contributed by atoms with van der Waals surface area (Å²) in [5.74, 6) is 2.07. The van der Waals surface area contributed by atoms with Gasteiger partial charge in [0, 0.05) is 12.1 Å². The Morgan fingerprint density at radius 3 is 2.55 bits per heavy atom. The van der Waals surface area contributed by atoms with E-state index in [9.17, 15) is 0 Å². The zero-order valence-corrected chi connectivity index (χ0v) is 7.88. The van der Waals surface area contributed by atoms with Gasteiger partial charge in [0.2, 0.25) is 0 Å². The van der Waals surface area contributed by atoms with Gasteiger partial charge in [0.1, 0.15) is 0 Å². The first-order valence-electron chi connectivity index (χ1n) is 4.96. The molecule has 4 unspecified atom stereocenters. The van der Waals surface area contributed by atoms with Crippen molar-refractivity contribution in [3.63, 3.8) is 0 Å². The van der Waals surface area contributed by atoms with Crippen LogP contribution in [0.3, 0.4) is 0 Å². The van der Waals surface area contributed by atoms with Crippen LogP contribution in [0.25, 0.3) is 0 Å². The lowest BCUT2D eigenvalue weighted by atomic mass is 9.87. The van der Waals surface area contributed by atoms with Crippen molar-refractivity contribution in [1.29, 1.82) is 0 Å². The van der Waals surface area contributed by atoms with Crippen molar-refractivity contribution >= 4 is 0 Å². The molecular formula is C10H19N. The average molecular weight is 153 g/mol. The van der Waals surface area contributed by atoms with Crippen molar-refractivity contribution in [3.05, 3.63) is 0 Å². The molecule has 0 amide bonds. The maximum absolute atomic E-state index is 2.58. The van der Waals surface area contributed by atoms with Crippen LogP contribution in [0.4, 0.5) is 0 Å². The average Bonchev–Trinajstić information content (AvgIpc) is 2.53. The third-order valence-electron chi connectivity index (χ3n) is 4.09. The molecule has 0 N–H and O–H groups in total. The Bertz CT molecular complexity index is 149. The fraction of sp³-hybridized carbons (Fsp3) is 1.00. The van der Waals surface area contributed by atoms with Gasteiger partial charge in [0.15, 0.2) is 0 Å². The standard InChI is InChI=1S/C10H19N/c1-4-8-5-9-6-10(8)7(2)11(9)3/h7-10H,4-6H2,1-3H3. The minimum Gasteiger partial charge on any atom is -0.300 e. The molecule has 2 bridgehead atoms. The van der Waals surface area contributed by atoms with E-state index in [-0.39, 0.29) is 0 Å². The van der Waals surface area contributed by atoms with Crippen LogP contribution in [0.15, 0.2) is 0 Å². The molecule has 0 radical (unpaired) electrons. The molecule has 64 valence electrons. The number of fused-ring (bicyclic) bond motifs is 2. The van der Waals surface area contributed by atoms with E-state index in [0.29, 0.717) is 0 Å². The van der Waals surface area contributed by atoms with Gasteiger partial charge in [-0.3, -0.25) is 0 Å². The molecule has 1 saturated heterocycles. The van der Waals surface area contributed by atoms with Crippen LogP contribution in [0, 0.1) is 11.8 Å². The summed E-state index contributed by atoms with van der Waals surface area (Å²) >= 11 is 0. The van der Waals surface area contributed by atoms with Gasteiger partial charge in [-0.25, -0.2) is 0 Å². The highest BCUT2D eigenvalue weighted by atomic mass is 15.2. The second-order valence-corrected chi connectivity index (χ2v) is 4.36. The summed E-state index contributed by atoms with van der Waals surface area (Å²) in [7, 11) is 2.29. The fourth-order valence-electron chi connectivity index (χ4n) is 3.15.